The van der Waals surface area contributed by atoms with E-state index >= 15 is 0 Å². The van der Waals surface area contributed by atoms with Gasteiger partial charge < -0.3 is 45.4 Å². The first-order chi connectivity index (χ1) is 37.3. The Bertz CT molecular complexity index is 1400. The number of unbranched alkanes of at least 4 members (excludes halogenated alkanes) is 36. The summed E-state index contributed by atoms with van der Waals surface area (Å²) in [5.74, 6) is -0.629. The van der Waals surface area contributed by atoms with Crippen LogP contribution in [0.1, 0.15) is 290 Å². The van der Waals surface area contributed by atoms with E-state index in [0.29, 0.717) is 19.3 Å². The van der Waals surface area contributed by atoms with Crippen LogP contribution >= 0.6 is 0 Å². The van der Waals surface area contributed by atoms with Gasteiger partial charge in [-0.25, -0.2) is 0 Å². The summed E-state index contributed by atoms with van der Waals surface area (Å²) in [4.78, 5) is 13.2. The van der Waals surface area contributed by atoms with Crippen LogP contribution in [0.15, 0.2) is 60.8 Å². The molecule has 444 valence electrons. The fraction of sp³-hybridized carbons (Fsp3) is 0.833. The fourth-order valence-corrected chi connectivity index (χ4v) is 9.99. The van der Waals surface area contributed by atoms with Crippen molar-refractivity contribution in [3.8, 4) is 0 Å². The Balaban J connectivity index is 2.17. The molecule has 1 aliphatic heterocycles. The second-order valence-electron chi connectivity index (χ2n) is 22.3. The second kappa shape index (κ2) is 54.8. The van der Waals surface area contributed by atoms with E-state index in [0.717, 1.165) is 51.4 Å². The molecule has 1 rings (SSSR count). The first-order valence-corrected chi connectivity index (χ1v) is 32.1. The molecule has 1 aliphatic rings. The van der Waals surface area contributed by atoms with Gasteiger partial charge in [0.05, 0.1) is 25.4 Å². The molecule has 0 radical (unpaired) electrons. The van der Waals surface area contributed by atoms with Gasteiger partial charge in [0.25, 0.3) is 0 Å². The highest BCUT2D eigenvalue weighted by atomic mass is 16.7. The Hall–Kier alpha value is -2.15. The van der Waals surface area contributed by atoms with Gasteiger partial charge in [-0.1, -0.05) is 274 Å². The summed E-state index contributed by atoms with van der Waals surface area (Å²) >= 11 is 0. The van der Waals surface area contributed by atoms with Gasteiger partial charge in [0.15, 0.2) is 6.29 Å². The number of hydrogen-bond donors (Lipinski definition) is 7. The number of aliphatic hydroxyl groups is 6. The van der Waals surface area contributed by atoms with E-state index in [1.165, 1.54) is 205 Å². The zero-order valence-corrected chi connectivity index (χ0v) is 49.1. The van der Waals surface area contributed by atoms with Gasteiger partial charge in [0, 0.05) is 0 Å². The minimum Gasteiger partial charge on any atom is -0.394 e. The smallest absolute Gasteiger partial charge is 0.249 e. The molecular formula is C66H121NO9. The van der Waals surface area contributed by atoms with Crippen molar-refractivity contribution < 1.29 is 44.9 Å². The molecule has 0 saturated carbocycles. The molecule has 0 aromatic heterocycles. The second-order valence-corrected chi connectivity index (χ2v) is 22.3. The van der Waals surface area contributed by atoms with E-state index in [9.17, 15) is 35.4 Å². The standard InChI is InChI=1S/C66H121NO9/c1-3-5-7-9-11-13-15-17-19-21-22-23-24-25-26-27-28-29-30-31-32-33-34-35-36-37-39-41-43-45-47-49-51-53-55-60(70)65(74)67-58(57-75-66-64(73)63(72)62(71)61(56-68)76-66)59(69)54-52-50-48-46-44-42-40-38-20-18-16-14-12-10-8-6-4-2/h20,24-25,27-28,38,44,46,52,54,58-64,66,68-73H,3-19,21-23,26,29-37,39-43,45,47-51,53,55-57H2,1-2H3,(H,67,74)/b25-24-,28-27-,38-20+,46-44+,54-52+. The lowest BCUT2D eigenvalue weighted by Crippen LogP contribution is -2.60. The first-order valence-electron chi connectivity index (χ1n) is 32.1. The molecular weight excluding hydrogens is 951 g/mol. The lowest BCUT2D eigenvalue weighted by atomic mass is 9.99. The van der Waals surface area contributed by atoms with Crippen molar-refractivity contribution in [1.82, 2.24) is 5.32 Å². The Morgan fingerprint density at radius 1 is 0.461 bits per heavy atom. The van der Waals surface area contributed by atoms with Gasteiger partial charge in [-0.2, -0.15) is 0 Å². The van der Waals surface area contributed by atoms with Crippen LogP contribution in [0.2, 0.25) is 0 Å². The number of carbonyl (C=O) groups is 1. The normalized spacial score (nSPS) is 19.6. The molecule has 1 fully saturated rings. The molecule has 0 aromatic rings. The average Bonchev–Trinajstić information content (AvgIpc) is 3.42. The number of carbonyl (C=O) groups excluding carboxylic acids is 1. The Morgan fingerprint density at radius 3 is 1.22 bits per heavy atom. The number of ether oxygens (including phenoxy) is 2. The number of nitrogens with one attached hydrogen (secondary N) is 1. The van der Waals surface area contributed by atoms with Crippen LogP contribution < -0.4 is 5.32 Å². The van der Waals surface area contributed by atoms with E-state index < -0.39 is 61.5 Å². The van der Waals surface area contributed by atoms with Crippen molar-refractivity contribution in [2.45, 2.75) is 339 Å². The maximum absolute atomic E-state index is 13.2. The minimum absolute atomic E-state index is 0.300. The topological polar surface area (TPSA) is 169 Å². The molecule has 76 heavy (non-hydrogen) atoms. The molecule has 0 aromatic carbocycles. The molecule has 0 spiro atoms. The van der Waals surface area contributed by atoms with Crippen molar-refractivity contribution >= 4 is 5.91 Å². The zero-order valence-electron chi connectivity index (χ0n) is 49.1. The third-order valence-electron chi connectivity index (χ3n) is 15.2. The maximum Gasteiger partial charge on any atom is 0.249 e. The summed E-state index contributed by atoms with van der Waals surface area (Å²) < 4.78 is 11.2. The Morgan fingerprint density at radius 2 is 0.816 bits per heavy atom. The van der Waals surface area contributed by atoms with Crippen molar-refractivity contribution in [3.05, 3.63) is 60.8 Å². The van der Waals surface area contributed by atoms with Crippen molar-refractivity contribution in [2.75, 3.05) is 13.2 Å². The van der Waals surface area contributed by atoms with Gasteiger partial charge in [-0.15, -0.1) is 0 Å². The van der Waals surface area contributed by atoms with Crippen LogP contribution in [0.25, 0.3) is 0 Å². The monoisotopic (exact) mass is 1070 g/mol. The summed E-state index contributed by atoms with van der Waals surface area (Å²) in [6, 6.07) is -1.01. The molecule has 8 atom stereocenters. The number of rotatable bonds is 55. The number of aliphatic hydroxyl groups excluding tert-OH is 6. The SMILES string of the molecule is CCCCCCCCC/C=C/CC/C=C/CC/C=C/C(O)C(COC1OC(CO)C(O)C(O)C1O)NC(=O)C(O)CCCCCCCCCCCCCCCCCC/C=C\C/C=C\CCCCCCCCCCCCC. The molecule has 1 saturated heterocycles. The summed E-state index contributed by atoms with van der Waals surface area (Å²) in [5.41, 5.74) is 0. The minimum atomic E-state index is -1.62. The summed E-state index contributed by atoms with van der Waals surface area (Å²) in [7, 11) is 0. The molecule has 8 unspecified atom stereocenters. The average molecular weight is 1070 g/mol. The largest absolute Gasteiger partial charge is 0.394 e. The molecule has 1 heterocycles. The quantitative estimate of drug-likeness (QED) is 0.0232. The molecule has 7 N–H and O–H groups in total. The van der Waals surface area contributed by atoms with Crippen molar-refractivity contribution in [2.24, 2.45) is 0 Å². The van der Waals surface area contributed by atoms with Crippen LogP contribution in [0.4, 0.5) is 0 Å². The molecule has 1 amide bonds. The van der Waals surface area contributed by atoms with Crippen LogP contribution in [-0.2, 0) is 14.3 Å². The Labute approximate surface area is 467 Å². The van der Waals surface area contributed by atoms with Crippen LogP contribution in [0.3, 0.4) is 0 Å². The number of hydrogen-bond acceptors (Lipinski definition) is 9. The van der Waals surface area contributed by atoms with Gasteiger partial charge in [0.2, 0.25) is 5.91 Å². The predicted octanol–water partition coefficient (Wildman–Crippen LogP) is 15.6. The van der Waals surface area contributed by atoms with E-state index in [1.807, 2.05) is 6.08 Å². The van der Waals surface area contributed by atoms with E-state index in [1.54, 1.807) is 6.08 Å². The van der Waals surface area contributed by atoms with Crippen LogP contribution in [0, 0.1) is 0 Å². The molecule has 0 aliphatic carbocycles. The lowest BCUT2D eigenvalue weighted by molar-refractivity contribution is -0.302. The third-order valence-corrected chi connectivity index (χ3v) is 15.2. The molecule has 10 nitrogen and oxygen atoms in total. The van der Waals surface area contributed by atoms with Crippen molar-refractivity contribution in [1.29, 1.82) is 0 Å². The number of allylic oxidation sites excluding steroid dienone is 9. The van der Waals surface area contributed by atoms with Crippen LogP contribution in [-0.4, -0.2) is 98.7 Å². The van der Waals surface area contributed by atoms with Gasteiger partial charge >= 0.3 is 0 Å². The highest BCUT2D eigenvalue weighted by Crippen LogP contribution is 2.23. The highest BCUT2D eigenvalue weighted by molar-refractivity contribution is 5.80. The summed E-state index contributed by atoms with van der Waals surface area (Å²) in [6.45, 7) is 3.61. The lowest BCUT2D eigenvalue weighted by Gasteiger charge is -2.40. The maximum atomic E-state index is 13.2. The zero-order chi connectivity index (χ0) is 55.2. The first kappa shape index (κ1) is 71.9. The van der Waals surface area contributed by atoms with E-state index in [2.05, 4.69) is 67.8 Å². The Kier molecular flexibility index (Phi) is 51.8. The van der Waals surface area contributed by atoms with Gasteiger partial charge in [0.1, 0.15) is 30.5 Å². The summed E-state index contributed by atoms with van der Waals surface area (Å²) in [6.07, 6.45) is 64.9. The van der Waals surface area contributed by atoms with Gasteiger partial charge in [-0.3, -0.25) is 4.79 Å². The van der Waals surface area contributed by atoms with Crippen molar-refractivity contribution in [3.63, 3.8) is 0 Å². The fourth-order valence-electron chi connectivity index (χ4n) is 9.99. The molecule has 0 bridgehead atoms. The van der Waals surface area contributed by atoms with E-state index in [4.69, 9.17) is 9.47 Å². The summed E-state index contributed by atoms with van der Waals surface area (Å²) in [5, 5.41) is 65.1. The predicted molar refractivity (Wildman–Crippen MR) is 319 cm³/mol. The molecule has 10 heteroatoms. The van der Waals surface area contributed by atoms with Gasteiger partial charge in [-0.05, 0) is 77.0 Å². The van der Waals surface area contributed by atoms with E-state index in [-0.39, 0.29) is 6.61 Å². The third kappa shape index (κ3) is 42.8. The highest BCUT2D eigenvalue weighted by Gasteiger charge is 2.44. The van der Waals surface area contributed by atoms with Crippen LogP contribution in [0.5, 0.6) is 0 Å². The number of amides is 1.